The van der Waals surface area contributed by atoms with E-state index < -0.39 is 0 Å². The number of hydrogen-bond donors (Lipinski definition) is 0. The van der Waals surface area contributed by atoms with Crippen LogP contribution in [0, 0.1) is 0 Å². The van der Waals surface area contributed by atoms with Crippen molar-refractivity contribution in [3.8, 4) is 0 Å². The number of nitrogens with zero attached hydrogens (tertiary/aromatic N) is 1. The maximum Gasteiger partial charge on any atom is 0.138 e. The Balaban J connectivity index is 1.85. The minimum atomic E-state index is 0.448. The summed E-state index contributed by atoms with van der Waals surface area (Å²) >= 11 is 11.4. The molecule has 1 nitrogen and oxygen atoms in total. The molecule has 0 aliphatic carbocycles. The predicted octanol–water partition coefficient (Wildman–Crippen LogP) is 6.67. The van der Waals surface area contributed by atoms with Gasteiger partial charge >= 0.3 is 0 Å². The lowest BCUT2D eigenvalue weighted by Gasteiger charge is -2.25. The second kappa shape index (κ2) is 10.7. The third-order valence-electron chi connectivity index (χ3n) is 3.59. The highest BCUT2D eigenvalue weighted by atomic mass is 32.3. The van der Waals surface area contributed by atoms with Gasteiger partial charge in [-0.2, -0.15) is 0 Å². The number of rotatable bonds is 8. The summed E-state index contributed by atoms with van der Waals surface area (Å²) in [5, 5.41) is 2.28. The summed E-state index contributed by atoms with van der Waals surface area (Å²) in [4.78, 5) is 3.78. The number of hydrogen-bond acceptors (Lipinski definition) is 4. The molecule has 0 fully saturated rings. The fourth-order valence-electron chi connectivity index (χ4n) is 2.22. The van der Waals surface area contributed by atoms with Crippen molar-refractivity contribution in [1.82, 2.24) is 4.90 Å². The van der Waals surface area contributed by atoms with E-state index in [0.717, 1.165) is 17.4 Å². The lowest BCUT2D eigenvalue weighted by atomic mass is 10.2. The van der Waals surface area contributed by atoms with Crippen LogP contribution < -0.4 is 0 Å². The van der Waals surface area contributed by atoms with Crippen LogP contribution in [0.15, 0.2) is 35.7 Å². The van der Waals surface area contributed by atoms with E-state index in [4.69, 9.17) is 12.2 Å². The van der Waals surface area contributed by atoms with E-state index in [1.54, 1.807) is 0 Å². The third kappa shape index (κ3) is 6.37. The highest BCUT2D eigenvalue weighted by molar-refractivity contribution is 8.43. The molecule has 2 rings (SSSR count). The molecular weight excluding hydrogens is 358 g/mol. The lowest BCUT2D eigenvalue weighted by Crippen LogP contribution is -2.30. The molecule has 5 heteroatoms. The van der Waals surface area contributed by atoms with Crippen molar-refractivity contribution in [2.75, 3.05) is 13.1 Å². The van der Waals surface area contributed by atoms with E-state index >= 15 is 0 Å². The molecule has 1 atom stereocenters. The molecule has 0 saturated heterocycles. The number of benzene rings is 1. The molecular formula is C18H25NS4. The van der Waals surface area contributed by atoms with E-state index in [2.05, 4.69) is 54.5 Å². The Labute approximate surface area is 159 Å². The Morgan fingerprint density at radius 3 is 2.39 bits per heavy atom. The lowest BCUT2D eigenvalue weighted by molar-refractivity contribution is 0.411. The molecule has 1 unspecified atom stereocenters. The molecule has 23 heavy (non-hydrogen) atoms. The molecule has 1 aromatic rings. The van der Waals surface area contributed by atoms with Gasteiger partial charge in [-0.15, -0.1) is 11.8 Å². The van der Waals surface area contributed by atoms with E-state index in [1.165, 1.54) is 36.2 Å². The summed E-state index contributed by atoms with van der Waals surface area (Å²) in [5.41, 5.74) is 1.31. The first-order chi connectivity index (χ1) is 11.2. The van der Waals surface area contributed by atoms with E-state index in [0.29, 0.717) is 3.91 Å². The van der Waals surface area contributed by atoms with Crippen LogP contribution in [0.25, 0.3) is 4.91 Å². The Hall–Kier alpha value is -0.100. The maximum absolute atomic E-state index is 5.73. The van der Waals surface area contributed by atoms with Gasteiger partial charge in [-0.3, -0.25) is 0 Å². The topological polar surface area (TPSA) is 3.24 Å². The molecule has 0 N–H and O–H groups in total. The van der Waals surface area contributed by atoms with Crippen molar-refractivity contribution in [2.45, 2.75) is 43.4 Å². The summed E-state index contributed by atoms with van der Waals surface area (Å²) in [7, 11) is 0. The molecule has 0 saturated carbocycles. The molecule has 1 aromatic carbocycles. The van der Waals surface area contributed by atoms with Gasteiger partial charge in [0.2, 0.25) is 0 Å². The normalized spacial score (nSPS) is 17.1. The van der Waals surface area contributed by atoms with Gasteiger partial charge < -0.3 is 4.90 Å². The van der Waals surface area contributed by atoms with Crippen molar-refractivity contribution < 1.29 is 0 Å². The first-order valence-corrected chi connectivity index (χ1v) is 11.4. The maximum atomic E-state index is 5.73. The smallest absolute Gasteiger partial charge is 0.138 e. The van der Waals surface area contributed by atoms with Crippen LogP contribution in [0.2, 0.25) is 0 Å². The predicted molar refractivity (Wildman–Crippen MR) is 115 cm³/mol. The average Bonchev–Trinajstić information content (AvgIpc) is 3.04. The third-order valence-corrected chi connectivity index (χ3v) is 8.15. The second-order valence-corrected chi connectivity index (χ2v) is 10.2. The van der Waals surface area contributed by atoms with Gasteiger partial charge in [0.25, 0.3) is 0 Å². The Bertz CT molecular complexity index is 507. The number of thioether (sulfide) groups is 3. The summed E-state index contributed by atoms with van der Waals surface area (Å²) < 4.78 is 1.52. The molecule has 1 heterocycles. The van der Waals surface area contributed by atoms with Crippen LogP contribution in [-0.2, 0) is 0 Å². The van der Waals surface area contributed by atoms with Gasteiger partial charge in [-0.1, -0.05) is 92.8 Å². The van der Waals surface area contributed by atoms with Gasteiger partial charge in [-0.05, 0) is 23.8 Å². The zero-order valence-electron chi connectivity index (χ0n) is 13.9. The standard InChI is InChI=1S/C18H25NS4/c1-3-5-12-19(13-6-4-2)17(20)23-18-21-14-16(22-18)15-10-8-7-9-11-15/h7-11,14,18H,3-6,12-13H2,1-2H3. The Morgan fingerprint density at radius 2 is 1.78 bits per heavy atom. The second-order valence-electron chi connectivity index (χ2n) is 5.47. The molecule has 0 radical (unpaired) electrons. The van der Waals surface area contributed by atoms with E-state index in [1.807, 2.05) is 35.3 Å². The van der Waals surface area contributed by atoms with Gasteiger partial charge in [-0.25, -0.2) is 0 Å². The van der Waals surface area contributed by atoms with Crippen molar-refractivity contribution in [3.05, 3.63) is 41.3 Å². The average molecular weight is 384 g/mol. The van der Waals surface area contributed by atoms with Crippen LogP contribution in [-0.4, -0.2) is 26.2 Å². The molecule has 0 aromatic heterocycles. The SMILES string of the molecule is CCCCN(CCCC)C(=S)SC1SC=C(c2ccccc2)S1. The monoisotopic (exact) mass is 383 g/mol. The summed E-state index contributed by atoms with van der Waals surface area (Å²) in [5.74, 6) is 0. The van der Waals surface area contributed by atoms with Crippen LogP contribution in [0.1, 0.15) is 45.1 Å². The van der Waals surface area contributed by atoms with Gasteiger partial charge in [0.1, 0.15) is 8.23 Å². The molecule has 1 aliphatic rings. The van der Waals surface area contributed by atoms with Gasteiger partial charge in [0, 0.05) is 18.0 Å². The highest BCUT2D eigenvalue weighted by Crippen LogP contribution is 2.50. The van der Waals surface area contributed by atoms with Crippen molar-refractivity contribution >= 4 is 56.7 Å². The van der Waals surface area contributed by atoms with Crippen molar-refractivity contribution in [3.63, 3.8) is 0 Å². The van der Waals surface area contributed by atoms with Gasteiger partial charge in [0.05, 0.1) is 0 Å². The zero-order chi connectivity index (χ0) is 16.5. The van der Waals surface area contributed by atoms with Crippen LogP contribution in [0.5, 0.6) is 0 Å². The van der Waals surface area contributed by atoms with Crippen LogP contribution in [0.4, 0.5) is 0 Å². The minimum absolute atomic E-state index is 0.448. The Morgan fingerprint density at radius 1 is 1.13 bits per heavy atom. The fourth-order valence-corrected chi connectivity index (χ4v) is 6.93. The zero-order valence-corrected chi connectivity index (χ0v) is 17.1. The quantitative estimate of drug-likeness (QED) is 0.460. The van der Waals surface area contributed by atoms with E-state index in [9.17, 15) is 0 Å². The van der Waals surface area contributed by atoms with Crippen molar-refractivity contribution in [2.24, 2.45) is 0 Å². The van der Waals surface area contributed by atoms with E-state index in [-0.39, 0.29) is 0 Å². The molecule has 0 amide bonds. The summed E-state index contributed by atoms with van der Waals surface area (Å²) in [6, 6.07) is 10.6. The molecule has 126 valence electrons. The first kappa shape index (κ1) is 19.2. The van der Waals surface area contributed by atoms with Crippen molar-refractivity contribution in [1.29, 1.82) is 0 Å². The fraction of sp³-hybridized carbons (Fsp3) is 0.500. The number of unbranched alkanes of at least 4 members (excludes halogenated alkanes) is 2. The first-order valence-electron chi connectivity index (χ1n) is 8.27. The molecule has 0 spiro atoms. The molecule has 1 aliphatic heterocycles. The molecule has 0 bridgehead atoms. The van der Waals surface area contributed by atoms with Crippen LogP contribution in [0.3, 0.4) is 0 Å². The number of thiocarbonyl (C=S) groups is 1. The Kier molecular flexibility index (Phi) is 8.95. The minimum Gasteiger partial charge on any atom is -0.357 e. The largest absolute Gasteiger partial charge is 0.357 e. The van der Waals surface area contributed by atoms with Gasteiger partial charge in [0.15, 0.2) is 0 Å². The van der Waals surface area contributed by atoms with Crippen LogP contribution >= 0.6 is 47.5 Å². The summed E-state index contributed by atoms with van der Waals surface area (Å²) in [6.45, 7) is 6.69. The highest BCUT2D eigenvalue weighted by Gasteiger charge is 2.23. The summed E-state index contributed by atoms with van der Waals surface area (Å²) in [6.07, 6.45) is 4.90.